The number of nitrogens with two attached hydrogens (primary N) is 1. The minimum Gasteiger partial charge on any atom is -0.397 e. The molecule has 3 rings (SSSR count). The van der Waals surface area contributed by atoms with Gasteiger partial charge in [0.1, 0.15) is 9.71 Å². The van der Waals surface area contributed by atoms with Gasteiger partial charge in [0.2, 0.25) is 5.91 Å². The quantitative estimate of drug-likeness (QED) is 0.926. The number of nitrogen functional groups attached to an aromatic ring is 1. The Kier molecular flexibility index (Phi) is 4.45. The number of amides is 2. The normalized spacial score (nSPS) is 17.5. The number of aromatic nitrogens is 1. The SMILES string of the molecule is CCC(=O)N1CCC[C@H]1c1ccc2c(N)c(C(=O)N(C)C)sc2n1. The van der Waals surface area contributed by atoms with Crippen molar-refractivity contribution in [3.63, 3.8) is 0 Å². The summed E-state index contributed by atoms with van der Waals surface area (Å²) in [4.78, 5) is 33.8. The standard InChI is InChI=1S/C17H22N4O2S/c1-4-13(22)21-9-5-6-12(21)11-8-7-10-14(18)15(17(23)20(2)3)24-16(10)19-11/h7-8,12H,4-6,9,18H2,1-3H3/t12-/m0/s1. The van der Waals surface area contributed by atoms with Crippen molar-refractivity contribution in [3.8, 4) is 0 Å². The van der Waals surface area contributed by atoms with E-state index >= 15 is 0 Å². The lowest BCUT2D eigenvalue weighted by atomic mass is 10.1. The average Bonchev–Trinajstić information content (AvgIpc) is 3.18. The van der Waals surface area contributed by atoms with Gasteiger partial charge in [-0.25, -0.2) is 4.98 Å². The minimum atomic E-state index is -0.110. The van der Waals surface area contributed by atoms with Crippen LogP contribution in [0.25, 0.3) is 10.2 Å². The van der Waals surface area contributed by atoms with Crippen molar-refractivity contribution in [1.82, 2.24) is 14.8 Å². The highest BCUT2D eigenvalue weighted by molar-refractivity contribution is 7.21. The number of fused-ring (bicyclic) bond motifs is 1. The van der Waals surface area contributed by atoms with Crippen LogP contribution in [0, 0.1) is 0 Å². The first-order valence-corrected chi connectivity index (χ1v) is 8.95. The molecular formula is C17H22N4O2S. The molecule has 24 heavy (non-hydrogen) atoms. The molecule has 2 amide bonds. The lowest BCUT2D eigenvalue weighted by molar-refractivity contribution is -0.131. The molecule has 7 heteroatoms. The van der Waals surface area contributed by atoms with E-state index in [0.717, 1.165) is 35.3 Å². The van der Waals surface area contributed by atoms with Crippen molar-refractivity contribution in [1.29, 1.82) is 0 Å². The van der Waals surface area contributed by atoms with Crippen LogP contribution in [0.3, 0.4) is 0 Å². The molecule has 1 fully saturated rings. The largest absolute Gasteiger partial charge is 0.397 e. The first-order valence-electron chi connectivity index (χ1n) is 8.14. The molecule has 1 saturated heterocycles. The zero-order chi connectivity index (χ0) is 17.4. The van der Waals surface area contributed by atoms with Crippen LogP contribution in [0.1, 0.15) is 47.6 Å². The molecule has 2 N–H and O–H groups in total. The Bertz CT molecular complexity index is 799. The molecular weight excluding hydrogens is 324 g/mol. The van der Waals surface area contributed by atoms with Crippen LogP contribution in [0.2, 0.25) is 0 Å². The van der Waals surface area contributed by atoms with Crippen LogP contribution < -0.4 is 5.73 Å². The number of carbonyl (C=O) groups is 2. The van der Waals surface area contributed by atoms with Gasteiger partial charge in [0, 0.05) is 32.4 Å². The molecule has 0 aliphatic carbocycles. The average molecular weight is 346 g/mol. The predicted octanol–water partition coefficient (Wildman–Crippen LogP) is 2.65. The Morgan fingerprint density at radius 3 is 2.83 bits per heavy atom. The molecule has 1 aliphatic rings. The van der Waals surface area contributed by atoms with Gasteiger partial charge in [-0.2, -0.15) is 0 Å². The summed E-state index contributed by atoms with van der Waals surface area (Å²) < 4.78 is 0. The van der Waals surface area contributed by atoms with Crippen LogP contribution >= 0.6 is 11.3 Å². The number of anilines is 1. The Hall–Kier alpha value is -2.15. The monoisotopic (exact) mass is 346 g/mol. The Morgan fingerprint density at radius 1 is 1.42 bits per heavy atom. The first kappa shape index (κ1) is 16.7. The molecule has 0 radical (unpaired) electrons. The molecule has 2 aromatic heterocycles. The summed E-state index contributed by atoms with van der Waals surface area (Å²) in [7, 11) is 3.41. The fourth-order valence-corrected chi connectivity index (χ4v) is 4.26. The summed E-state index contributed by atoms with van der Waals surface area (Å²) in [5.74, 6) is 0.0502. The summed E-state index contributed by atoms with van der Waals surface area (Å²) in [6.07, 6.45) is 2.42. The Labute approximate surface area is 145 Å². The van der Waals surface area contributed by atoms with Crippen LogP contribution in [-0.4, -0.2) is 47.2 Å². The van der Waals surface area contributed by atoms with Gasteiger partial charge in [-0.1, -0.05) is 6.92 Å². The van der Waals surface area contributed by atoms with E-state index in [1.54, 1.807) is 14.1 Å². The maximum absolute atomic E-state index is 12.2. The van der Waals surface area contributed by atoms with E-state index in [-0.39, 0.29) is 17.9 Å². The summed E-state index contributed by atoms with van der Waals surface area (Å²) >= 11 is 1.32. The topological polar surface area (TPSA) is 79.5 Å². The molecule has 1 aliphatic heterocycles. The van der Waals surface area contributed by atoms with E-state index in [0.29, 0.717) is 17.0 Å². The maximum Gasteiger partial charge on any atom is 0.265 e. The number of thiophene rings is 1. The van der Waals surface area contributed by atoms with Gasteiger partial charge >= 0.3 is 0 Å². The second-order valence-corrected chi connectivity index (χ2v) is 7.23. The first-order chi connectivity index (χ1) is 11.4. The molecule has 2 aromatic rings. The summed E-state index contributed by atoms with van der Waals surface area (Å²) in [5, 5.41) is 0.806. The highest BCUT2D eigenvalue weighted by Crippen LogP contribution is 2.37. The van der Waals surface area contributed by atoms with Crippen molar-refractivity contribution in [2.75, 3.05) is 26.4 Å². The van der Waals surface area contributed by atoms with Gasteiger partial charge in [-0.3, -0.25) is 9.59 Å². The summed E-state index contributed by atoms with van der Waals surface area (Å²) in [6, 6.07) is 3.88. The van der Waals surface area contributed by atoms with Crippen LogP contribution in [0.5, 0.6) is 0 Å². The third-order valence-corrected chi connectivity index (χ3v) is 5.54. The van der Waals surface area contributed by atoms with Crippen LogP contribution in [0.15, 0.2) is 12.1 Å². The highest BCUT2D eigenvalue weighted by Gasteiger charge is 2.30. The van der Waals surface area contributed by atoms with Crippen LogP contribution in [-0.2, 0) is 4.79 Å². The smallest absolute Gasteiger partial charge is 0.265 e. The van der Waals surface area contributed by atoms with Crippen molar-refractivity contribution >= 4 is 39.1 Å². The summed E-state index contributed by atoms with van der Waals surface area (Å²) in [5.41, 5.74) is 7.50. The third-order valence-electron chi connectivity index (χ3n) is 4.43. The zero-order valence-electron chi connectivity index (χ0n) is 14.2. The van der Waals surface area contributed by atoms with Crippen molar-refractivity contribution in [2.45, 2.75) is 32.2 Å². The number of likely N-dealkylation sites (tertiary alicyclic amines) is 1. The minimum absolute atomic E-state index is 0.0261. The van der Waals surface area contributed by atoms with E-state index in [2.05, 4.69) is 0 Å². The lowest BCUT2D eigenvalue weighted by Gasteiger charge is -2.23. The van der Waals surface area contributed by atoms with Gasteiger partial charge in [0.25, 0.3) is 5.91 Å². The molecule has 0 unspecified atom stereocenters. The van der Waals surface area contributed by atoms with E-state index < -0.39 is 0 Å². The zero-order valence-corrected chi connectivity index (χ0v) is 15.0. The molecule has 128 valence electrons. The number of hydrogen-bond donors (Lipinski definition) is 1. The van der Waals surface area contributed by atoms with Crippen molar-refractivity contribution in [2.24, 2.45) is 0 Å². The number of rotatable bonds is 3. The van der Waals surface area contributed by atoms with Gasteiger partial charge < -0.3 is 15.5 Å². The van der Waals surface area contributed by atoms with Gasteiger partial charge in [-0.15, -0.1) is 11.3 Å². The van der Waals surface area contributed by atoms with E-state index in [9.17, 15) is 9.59 Å². The highest BCUT2D eigenvalue weighted by atomic mass is 32.1. The lowest BCUT2D eigenvalue weighted by Crippen LogP contribution is -2.30. The number of hydrogen-bond acceptors (Lipinski definition) is 5. The second-order valence-electron chi connectivity index (χ2n) is 6.23. The van der Waals surface area contributed by atoms with E-state index in [1.165, 1.54) is 16.2 Å². The number of carbonyl (C=O) groups excluding carboxylic acids is 2. The van der Waals surface area contributed by atoms with Gasteiger partial charge in [0.05, 0.1) is 17.4 Å². The van der Waals surface area contributed by atoms with E-state index in [4.69, 9.17) is 10.7 Å². The van der Waals surface area contributed by atoms with Crippen LogP contribution in [0.4, 0.5) is 5.69 Å². The van der Waals surface area contributed by atoms with E-state index in [1.807, 2.05) is 24.0 Å². The number of nitrogens with zero attached hydrogens (tertiary/aromatic N) is 3. The van der Waals surface area contributed by atoms with Crippen molar-refractivity contribution in [3.05, 3.63) is 22.7 Å². The molecule has 6 nitrogen and oxygen atoms in total. The molecule has 0 spiro atoms. The number of pyridine rings is 1. The van der Waals surface area contributed by atoms with Gasteiger partial charge in [-0.05, 0) is 25.0 Å². The molecule has 3 heterocycles. The van der Waals surface area contributed by atoms with Crippen molar-refractivity contribution < 1.29 is 9.59 Å². The molecule has 0 bridgehead atoms. The molecule has 0 aromatic carbocycles. The summed E-state index contributed by atoms with van der Waals surface area (Å²) in [6.45, 7) is 2.67. The fourth-order valence-electron chi connectivity index (χ4n) is 3.13. The third kappa shape index (κ3) is 2.73. The fraction of sp³-hybridized carbons (Fsp3) is 0.471. The molecule has 0 saturated carbocycles. The Morgan fingerprint density at radius 2 is 2.17 bits per heavy atom. The second kappa shape index (κ2) is 6.39. The predicted molar refractivity (Wildman–Crippen MR) is 96.0 cm³/mol. The van der Waals surface area contributed by atoms with Gasteiger partial charge in [0.15, 0.2) is 0 Å². The molecule has 1 atom stereocenters. The Balaban J connectivity index is 2.00. The maximum atomic E-state index is 12.2.